The topological polar surface area (TPSA) is 26.0 Å². The van der Waals surface area contributed by atoms with Crippen LogP contribution in [-0.4, -0.2) is 11.4 Å². The summed E-state index contributed by atoms with van der Waals surface area (Å²) in [5.41, 5.74) is 6.05. The Morgan fingerprint density at radius 1 is 0.722 bits per heavy atom. The fourth-order valence-corrected chi connectivity index (χ4v) is 2.70. The molecule has 0 aliphatic heterocycles. The van der Waals surface area contributed by atoms with Crippen LogP contribution in [0.15, 0.2) is 0 Å². The molecule has 0 saturated heterocycles. The van der Waals surface area contributed by atoms with E-state index in [1.165, 1.54) is 83.5 Å². The van der Waals surface area contributed by atoms with E-state index in [4.69, 9.17) is 5.73 Å². The quantitative estimate of drug-likeness (QED) is 0.318. The highest BCUT2D eigenvalue weighted by Gasteiger charge is 2.01. The molecule has 0 aliphatic carbocycles. The lowest BCUT2D eigenvalue weighted by Crippen LogP contribution is -2.19. The van der Waals surface area contributed by atoms with Gasteiger partial charge in [0.2, 0.25) is 0 Å². The molecule has 0 rings (SSSR count). The highest BCUT2D eigenvalue weighted by Crippen LogP contribution is 2.12. The fourth-order valence-electron chi connectivity index (χ4n) is 2.38. The molecule has 2 heteroatoms. The van der Waals surface area contributed by atoms with E-state index in [-0.39, 0.29) is 0 Å². The summed E-state index contributed by atoms with van der Waals surface area (Å²) in [4.78, 5) is 0. The summed E-state index contributed by atoms with van der Waals surface area (Å²) in [5, 5.41) is 1.10. The third kappa shape index (κ3) is 14.5. The smallest absolute Gasteiger partial charge is 0.00391 e. The van der Waals surface area contributed by atoms with Crippen LogP contribution in [-0.2, 0) is 0 Å². The van der Waals surface area contributed by atoms with Gasteiger partial charge in [-0.3, -0.25) is 0 Å². The number of hydrogen-bond acceptors (Lipinski definition) is 1. The lowest BCUT2D eigenvalue weighted by atomic mass is 10.0. The van der Waals surface area contributed by atoms with E-state index in [0.717, 1.165) is 5.33 Å². The normalized spacial score (nSPS) is 12.8. The van der Waals surface area contributed by atoms with E-state index in [9.17, 15) is 0 Å². The maximum absolute atomic E-state index is 6.05. The van der Waals surface area contributed by atoms with Gasteiger partial charge in [-0.05, 0) is 19.3 Å². The molecule has 0 aromatic heterocycles. The van der Waals surface area contributed by atoms with Crippen LogP contribution in [0.3, 0.4) is 0 Å². The Morgan fingerprint density at radius 2 is 1.17 bits per heavy atom. The van der Waals surface area contributed by atoms with Crippen LogP contribution >= 0.6 is 15.9 Å². The molecule has 1 unspecified atom stereocenters. The van der Waals surface area contributed by atoms with Crippen LogP contribution in [0.5, 0.6) is 0 Å². The molecule has 18 heavy (non-hydrogen) atoms. The van der Waals surface area contributed by atoms with Crippen LogP contribution in [0.2, 0.25) is 0 Å². The predicted molar refractivity (Wildman–Crippen MR) is 87.5 cm³/mol. The van der Waals surface area contributed by atoms with Crippen molar-refractivity contribution >= 4 is 15.9 Å². The summed E-state index contributed by atoms with van der Waals surface area (Å²) in [6, 6.07) is 0.441. The first-order chi connectivity index (χ1) is 8.81. The van der Waals surface area contributed by atoms with Crippen molar-refractivity contribution in [3.05, 3.63) is 0 Å². The van der Waals surface area contributed by atoms with Gasteiger partial charge in [0, 0.05) is 11.4 Å². The molecule has 0 bridgehead atoms. The van der Waals surface area contributed by atoms with Crippen LogP contribution in [0.25, 0.3) is 0 Å². The molecular weight excluding hydrogens is 286 g/mol. The Bertz CT molecular complexity index is 150. The molecular formula is C16H34BrN. The molecule has 0 amide bonds. The Morgan fingerprint density at radius 3 is 1.67 bits per heavy atom. The second kappa shape index (κ2) is 15.5. The number of hydrogen-bond donors (Lipinski definition) is 1. The van der Waals surface area contributed by atoms with Crippen molar-refractivity contribution in [1.29, 1.82) is 0 Å². The maximum atomic E-state index is 6.05. The second-order valence-electron chi connectivity index (χ2n) is 5.56. The van der Waals surface area contributed by atoms with Crippen molar-refractivity contribution in [2.24, 2.45) is 5.73 Å². The largest absolute Gasteiger partial charge is 0.328 e. The summed E-state index contributed by atoms with van der Waals surface area (Å²) in [7, 11) is 0. The summed E-state index contributed by atoms with van der Waals surface area (Å²) < 4.78 is 0. The monoisotopic (exact) mass is 319 g/mol. The molecule has 1 nitrogen and oxygen atoms in total. The lowest BCUT2D eigenvalue weighted by molar-refractivity contribution is 0.503. The van der Waals surface area contributed by atoms with Crippen LogP contribution in [0, 0.1) is 0 Å². The van der Waals surface area contributed by atoms with Crippen molar-refractivity contribution in [2.45, 2.75) is 96.4 Å². The van der Waals surface area contributed by atoms with Gasteiger partial charge in [0.25, 0.3) is 0 Å². The first-order valence-corrected chi connectivity index (χ1v) is 9.25. The van der Waals surface area contributed by atoms with Crippen molar-refractivity contribution < 1.29 is 0 Å². The Hall–Kier alpha value is 0.440. The van der Waals surface area contributed by atoms with Gasteiger partial charge in [-0.2, -0.15) is 0 Å². The number of unbranched alkanes of at least 4 members (excludes halogenated alkanes) is 9. The SMILES string of the molecule is CCCCCCCCCCCCC(N)CCCBr. The zero-order valence-electron chi connectivity index (χ0n) is 12.4. The van der Waals surface area contributed by atoms with Crippen molar-refractivity contribution in [3.8, 4) is 0 Å². The molecule has 0 spiro atoms. The summed E-state index contributed by atoms with van der Waals surface area (Å²) in [5.74, 6) is 0. The van der Waals surface area contributed by atoms with Gasteiger partial charge >= 0.3 is 0 Å². The summed E-state index contributed by atoms with van der Waals surface area (Å²) in [6.45, 7) is 2.28. The van der Waals surface area contributed by atoms with Crippen molar-refractivity contribution in [1.82, 2.24) is 0 Å². The molecule has 110 valence electrons. The number of rotatable bonds is 14. The molecule has 0 aromatic rings. The third-order valence-corrected chi connectivity index (χ3v) is 4.20. The van der Waals surface area contributed by atoms with E-state index in [1.807, 2.05) is 0 Å². The summed E-state index contributed by atoms with van der Waals surface area (Å²) in [6.07, 6.45) is 17.8. The highest BCUT2D eigenvalue weighted by molar-refractivity contribution is 9.09. The van der Waals surface area contributed by atoms with Gasteiger partial charge in [-0.15, -0.1) is 0 Å². The average Bonchev–Trinajstić information content (AvgIpc) is 2.38. The maximum Gasteiger partial charge on any atom is 0.00391 e. The van der Waals surface area contributed by atoms with Gasteiger partial charge in [-0.25, -0.2) is 0 Å². The van der Waals surface area contributed by atoms with E-state index in [2.05, 4.69) is 22.9 Å². The Balaban J connectivity index is 3.02. The van der Waals surface area contributed by atoms with E-state index in [1.54, 1.807) is 0 Å². The lowest BCUT2D eigenvalue weighted by Gasteiger charge is -2.10. The predicted octanol–water partition coefficient (Wildman–Crippen LogP) is 5.80. The molecule has 0 radical (unpaired) electrons. The number of nitrogens with two attached hydrogens (primary N) is 1. The minimum atomic E-state index is 0.441. The first-order valence-electron chi connectivity index (χ1n) is 8.12. The standard InChI is InChI=1S/C16H34BrN/c1-2-3-4-5-6-7-8-9-10-11-13-16(18)14-12-15-17/h16H,2-15,18H2,1H3. The molecule has 0 fully saturated rings. The van der Waals surface area contributed by atoms with Gasteiger partial charge < -0.3 is 5.73 Å². The Kier molecular flexibility index (Phi) is 15.9. The molecule has 0 aliphatic rings. The Labute approximate surface area is 123 Å². The van der Waals surface area contributed by atoms with Gasteiger partial charge in [0.15, 0.2) is 0 Å². The molecule has 1 atom stereocenters. The van der Waals surface area contributed by atoms with E-state index < -0.39 is 0 Å². The van der Waals surface area contributed by atoms with Crippen LogP contribution in [0.4, 0.5) is 0 Å². The van der Waals surface area contributed by atoms with Gasteiger partial charge in [0.05, 0.1) is 0 Å². The van der Waals surface area contributed by atoms with Gasteiger partial charge in [0.1, 0.15) is 0 Å². The second-order valence-corrected chi connectivity index (χ2v) is 6.35. The third-order valence-electron chi connectivity index (χ3n) is 3.64. The average molecular weight is 320 g/mol. The van der Waals surface area contributed by atoms with E-state index in [0.29, 0.717) is 6.04 Å². The fraction of sp³-hybridized carbons (Fsp3) is 1.00. The molecule has 0 heterocycles. The first kappa shape index (κ1) is 18.4. The molecule has 0 aromatic carbocycles. The minimum absolute atomic E-state index is 0.441. The van der Waals surface area contributed by atoms with Gasteiger partial charge in [-0.1, -0.05) is 87.1 Å². The van der Waals surface area contributed by atoms with Crippen LogP contribution in [0.1, 0.15) is 90.4 Å². The molecule has 2 N–H and O–H groups in total. The zero-order chi connectivity index (χ0) is 13.5. The van der Waals surface area contributed by atoms with Crippen molar-refractivity contribution in [3.63, 3.8) is 0 Å². The van der Waals surface area contributed by atoms with E-state index >= 15 is 0 Å². The van der Waals surface area contributed by atoms with Crippen molar-refractivity contribution in [2.75, 3.05) is 5.33 Å². The number of alkyl halides is 1. The minimum Gasteiger partial charge on any atom is -0.328 e. The highest BCUT2D eigenvalue weighted by atomic mass is 79.9. The number of halogens is 1. The van der Waals surface area contributed by atoms with Crippen LogP contribution < -0.4 is 5.73 Å². The molecule has 0 saturated carbocycles. The zero-order valence-corrected chi connectivity index (χ0v) is 14.0. The summed E-state index contributed by atoms with van der Waals surface area (Å²) >= 11 is 3.45.